The Bertz CT molecular complexity index is 1160. The van der Waals surface area contributed by atoms with Crippen molar-refractivity contribution in [2.45, 2.75) is 44.2 Å². The smallest absolute Gasteiger partial charge is 0.341 e. The number of aryl methyl sites for hydroxylation is 1. The molecule has 0 spiro atoms. The Morgan fingerprint density at radius 1 is 1.35 bits per heavy atom. The van der Waals surface area contributed by atoms with E-state index in [0.717, 1.165) is 4.88 Å². The SMILES string of the molecule is COC(=O)c1cnc2c(-c3cc(C(=O)NC4C(N)CCCC4(F)F)sc3C)cnn2c1. The highest BCUT2D eigenvalue weighted by molar-refractivity contribution is 7.14. The monoisotopic (exact) mass is 449 g/mol. The molecule has 0 aromatic carbocycles. The number of nitrogens with two attached hydrogens (primary N) is 1. The van der Waals surface area contributed by atoms with Gasteiger partial charge >= 0.3 is 5.97 Å². The van der Waals surface area contributed by atoms with E-state index in [0.29, 0.717) is 34.5 Å². The number of ether oxygens (including phenoxy) is 1. The average molecular weight is 449 g/mol. The molecule has 3 N–H and O–H groups in total. The summed E-state index contributed by atoms with van der Waals surface area (Å²) in [6, 6.07) is -0.551. The van der Waals surface area contributed by atoms with Crippen LogP contribution in [0.2, 0.25) is 0 Å². The molecular weight excluding hydrogens is 428 g/mol. The quantitative estimate of drug-likeness (QED) is 0.593. The summed E-state index contributed by atoms with van der Waals surface area (Å²) in [5.41, 5.74) is 7.96. The lowest BCUT2D eigenvalue weighted by Crippen LogP contribution is -2.59. The number of aromatic nitrogens is 3. The van der Waals surface area contributed by atoms with Crippen molar-refractivity contribution in [2.75, 3.05) is 7.11 Å². The zero-order valence-corrected chi connectivity index (χ0v) is 17.7. The molecule has 3 aromatic heterocycles. The molecule has 164 valence electrons. The number of amides is 1. The minimum Gasteiger partial charge on any atom is -0.465 e. The summed E-state index contributed by atoms with van der Waals surface area (Å²) < 4.78 is 34.6. The minimum absolute atomic E-state index is 0.247. The molecular formula is C20H21F2N5O3S. The number of fused-ring (bicyclic) bond motifs is 1. The van der Waals surface area contributed by atoms with E-state index in [1.165, 1.54) is 35.4 Å². The molecule has 8 nitrogen and oxygen atoms in total. The Morgan fingerprint density at radius 3 is 2.84 bits per heavy atom. The highest BCUT2D eigenvalue weighted by Gasteiger charge is 2.46. The number of alkyl halides is 2. The number of halogens is 2. The summed E-state index contributed by atoms with van der Waals surface area (Å²) in [6.07, 6.45) is 4.94. The average Bonchev–Trinajstić information content (AvgIpc) is 3.32. The van der Waals surface area contributed by atoms with Crippen LogP contribution in [0.4, 0.5) is 8.78 Å². The summed E-state index contributed by atoms with van der Waals surface area (Å²) in [6.45, 7) is 1.82. The lowest BCUT2D eigenvalue weighted by Gasteiger charge is -2.36. The Kier molecular flexibility index (Phi) is 5.48. The van der Waals surface area contributed by atoms with Crippen molar-refractivity contribution in [3.63, 3.8) is 0 Å². The van der Waals surface area contributed by atoms with Gasteiger partial charge in [-0.3, -0.25) is 4.79 Å². The molecule has 11 heteroatoms. The van der Waals surface area contributed by atoms with Gasteiger partial charge in [0, 0.05) is 40.9 Å². The summed E-state index contributed by atoms with van der Waals surface area (Å²) in [5.74, 6) is -4.15. The van der Waals surface area contributed by atoms with Crippen LogP contribution in [0, 0.1) is 6.92 Å². The molecule has 0 radical (unpaired) electrons. The molecule has 1 fully saturated rings. The highest BCUT2D eigenvalue weighted by atomic mass is 32.1. The van der Waals surface area contributed by atoms with Gasteiger partial charge in [0.2, 0.25) is 0 Å². The lowest BCUT2D eigenvalue weighted by atomic mass is 9.87. The van der Waals surface area contributed by atoms with E-state index in [-0.39, 0.29) is 12.0 Å². The normalized spacial score (nSPS) is 20.5. The highest BCUT2D eigenvalue weighted by Crippen LogP contribution is 2.35. The van der Waals surface area contributed by atoms with Crippen molar-refractivity contribution >= 4 is 28.9 Å². The molecule has 2 atom stereocenters. The van der Waals surface area contributed by atoms with Gasteiger partial charge in [-0.25, -0.2) is 23.1 Å². The first kappa shape index (κ1) is 21.3. The minimum atomic E-state index is -3.04. The van der Waals surface area contributed by atoms with E-state index in [4.69, 9.17) is 5.73 Å². The van der Waals surface area contributed by atoms with Crippen molar-refractivity contribution < 1.29 is 23.1 Å². The zero-order chi connectivity index (χ0) is 22.3. The van der Waals surface area contributed by atoms with E-state index in [2.05, 4.69) is 20.1 Å². The van der Waals surface area contributed by atoms with Gasteiger partial charge in [-0.2, -0.15) is 5.10 Å². The van der Waals surface area contributed by atoms with Crippen LogP contribution in [0.15, 0.2) is 24.7 Å². The third-order valence-corrected chi connectivity index (χ3v) is 6.48. The van der Waals surface area contributed by atoms with Crippen molar-refractivity contribution in [3.8, 4) is 11.1 Å². The predicted octanol–water partition coefficient (Wildman–Crippen LogP) is 2.80. The van der Waals surface area contributed by atoms with Gasteiger partial charge in [0.15, 0.2) is 5.65 Å². The molecule has 3 heterocycles. The Labute approximate surface area is 180 Å². The number of rotatable bonds is 4. The molecule has 1 amide bonds. The van der Waals surface area contributed by atoms with Crippen molar-refractivity contribution in [3.05, 3.63) is 40.0 Å². The van der Waals surface area contributed by atoms with Gasteiger partial charge in [-0.05, 0) is 25.8 Å². The summed E-state index contributed by atoms with van der Waals surface area (Å²) in [7, 11) is 1.28. The number of esters is 1. The van der Waals surface area contributed by atoms with Crippen molar-refractivity contribution in [1.29, 1.82) is 0 Å². The third kappa shape index (κ3) is 3.90. The van der Waals surface area contributed by atoms with Crippen LogP contribution in [-0.2, 0) is 4.74 Å². The van der Waals surface area contributed by atoms with E-state index in [9.17, 15) is 18.4 Å². The second-order valence-electron chi connectivity index (χ2n) is 7.51. The summed E-state index contributed by atoms with van der Waals surface area (Å²) >= 11 is 1.19. The van der Waals surface area contributed by atoms with E-state index in [1.807, 2.05) is 6.92 Å². The predicted molar refractivity (Wildman–Crippen MR) is 110 cm³/mol. The van der Waals surface area contributed by atoms with Crippen LogP contribution < -0.4 is 11.1 Å². The van der Waals surface area contributed by atoms with Crippen LogP contribution in [0.25, 0.3) is 16.8 Å². The molecule has 0 bridgehead atoms. The maximum atomic E-state index is 14.2. The van der Waals surface area contributed by atoms with E-state index < -0.39 is 29.9 Å². The van der Waals surface area contributed by atoms with Crippen LogP contribution in [0.3, 0.4) is 0 Å². The number of nitrogens with zero attached hydrogens (tertiary/aromatic N) is 3. The Hall–Kier alpha value is -2.92. The Morgan fingerprint density at radius 2 is 2.13 bits per heavy atom. The number of nitrogens with one attached hydrogen (secondary N) is 1. The number of carbonyl (C=O) groups excluding carboxylic acids is 2. The van der Waals surface area contributed by atoms with Crippen LogP contribution in [-0.4, -0.2) is 51.6 Å². The molecule has 1 aliphatic rings. The van der Waals surface area contributed by atoms with Crippen molar-refractivity contribution in [1.82, 2.24) is 19.9 Å². The fourth-order valence-corrected chi connectivity index (χ4v) is 4.72. The fourth-order valence-electron chi connectivity index (χ4n) is 3.78. The number of carbonyl (C=O) groups is 2. The molecule has 1 aliphatic carbocycles. The van der Waals surface area contributed by atoms with Gasteiger partial charge in [0.25, 0.3) is 11.8 Å². The van der Waals surface area contributed by atoms with Crippen LogP contribution in [0.5, 0.6) is 0 Å². The molecule has 1 saturated carbocycles. The zero-order valence-electron chi connectivity index (χ0n) is 16.9. The molecule has 4 rings (SSSR count). The number of thiophene rings is 1. The molecule has 0 aliphatic heterocycles. The molecule has 0 saturated heterocycles. The first-order valence-corrected chi connectivity index (χ1v) is 10.5. The topological polar surface area (TPSA) is 112 Å². The van der Waals surface area contributed by atoms with E-state index in [1.54, 1.807) is 12.3 Å². The second kappa shape index (κ2) is 7.97. The van der Waals surface area contributed by atoms with Gasteiger partial charge in [-0.15, -0.1) is 11.3 Å². The third-order valence-electron chi connectivity index (χ3n) is 5.43. The lowest BCUT2D eigenvalue weighted by molar-refractivity contribution is -0.0674. The molecule has 31 heavy (non-hydrogen) atoms. The Balaban J connectivity index is 1.62. The van der Waals surface area contributed by atoms with Crippen LogP contribution in [0.1, 0.15) is 44.2 Å². The van der Waals surface area contributed by atoms with Gasteiger partial charge in [0.1, 0.15) is 6.04 Å². The standard InChI is InChI=1S/C20H21F2N5O3S/c1-10-12(13-8-25-27-9-11(19(29)30-2)7-24-17(13)27)6-15(31-10)18(28)26-16-14(23)4-3-5-20(16,21)22/h6-9,14,16H,3-5,23H2,1-2H3,(H,26,28). The van der Waals surface area contributed by atoms with Gasteiger partial charge in [-0.1, -0.05) is 0 Å². The van der Waals surface area contributed by atoms with Gasteiger partial charge < -0.3 is 15.8 Å². The first-order valence-electron chi connectivity index (χ1n) is 9.68. The van der Waals surface area contributed by atoms with Crippen molar-refractivity contribution in [2.24, 2.45) is 5.73 Å². The summed E-state index contributed by atoms with van der Waals surface area (Å²) in [5, 5.41) is 6.66. The second-order valence-corrected chi connectivity index (χ2v) is 8.77. The number of hydrogen-bond acceptors (Lipinski definition) is 7. The number of methoxy groups -OCH3 is 1. The molecule has 2 unspecified atom stereocenters. The fraction of sp³-hybridized carbons (Fsp3) is 0.400. The first-order chi connectivity index (χ1) is 14.7. The van der Waals surface area contributed by atoms with E-state index >= 15 is 0 Å². The largest absolute Gasteiger partial charge is 0.465 e. The maximum absolute atomic E-state index is 14.2. The maximum Gasteiger partial charge on any atom is 0.341 e. The number of hydrogen-bond donors (Lipinski definition) is 2. The summed E-state index contributed by atoms with van der Waals surface area (Å²) in [4.78, 5) is 29.8. The van der Waals surface area contributed by atoms with Crippen LogP contribution >= 0.6 is 11.3 Å². The van der Waals surface area contributed by atoms with Gasteiger partial charge in [0.05, 0.1) is 23.7 Å². The molecule has 3 aromatic rings.